The second-order valence-electron chi connectivity index (χ2n) is 6.56. The molecule has 0 bridgehead atoms. The minimum Gasteiger partial charge on any atom is -0.507 e. The number of carbonyl (C=O) groups is 2. The van der Waals surface area contributed by atoms with Gasteiger partial charge in [0.25, 0.3) is 11.7 Å². The van der Waals surface area contributed by atoms with Crippen LogP contribution < -0.4 is 4.90 Å². The van der Waals surface area contributed by atoms with Crippen molar-refractivity contribution in [3.8, 4) is 0 Å². The van der Waals surface area contributed by atoms with Gasteiger partial charge in [-0.2, -0.15) is 0 Å². The van der Waals surface area contributed by atoms with Crippen molar-refractivity contribution >= 4 is 34.7 Å². The van der Waals surface area contributed by atoms with Gasteiger partial charge in [-0.1, -0.05) is 41.9 Å². The molecule has 29 heavy (non-hydrogen) atoms. The highest BCUT2D eigenvalue weighted by Crippen LogP contribution is 2.42. The molecule has 1 N–H and O–H groups in total. The van der Waals surface area contributed by atoms with Crippen LogP contribution in [-0.4, -0.2) is 16.8 Å². The quantitative estimate of drug-likeness (QED) is 0.373. The molecule has 0 aliphatic carbocycles. The molecular formula is C23H15ClFNO3. The van der Waals surface area contributed by atoms with Gasteiger partial charge in [0.2, 0.25) is 0 Å². The number of halogens is 2. The number of aliphatic hydroxyl groups is 1. The van der Waals surface area contributed by atoms with E-state index in [0.717, 1.165) is 0 Å². The first kappa shape index (κ1) is 18.9. The maximum Gasteiger partial charge on any atom is 0.300 e. The van der Waals surface area contributed by atoms with Gasteiger partial charge < -0.3 is 5.11 Å². The molecule has 1 fully saturated rings. The lowest BCUT2D eigenvalue weighted by Crippen LogP contribution is -2.29. The number of anilines is 1. The lowest BCUT2D eigenvalue weighted by molar-refractivity contribution is -0.132. The highest BCUT2D eigenvalue weighted by atomic mass is 35.5. The third-order valence-electron chi connectivity index (χ3n) is 4.78. The number of carbonyl (C=O) groups excluding carboxylic acids is 2. The predicted molar refractivity (Wildman–Crippen MR) is 109 cm³/mol. The molecule has 1 heterocycles. The Labute approximate surface area is 171 Å². The van der Waals surface area contributed by atoms with E-state index in [0.29, 0.717) is 21.8 Å². The minimum atomic E-state index is -0.850. The number of nitrogens with zero attached hydrogens (tertiary/aromatic N) is 1. The van der Waals surface area contributed by atoms with Crippen LogP contribution in [0.2, 0.25) is 5.02 Å². The Bertz CT molecular complexity index is 1110. The summed E-state index contributed by atoms with van der Waals surface area (Å²) in [5.74, 6) is -2.35. The average Bonchev–Trinajstić information content (AvgIpc) is 3.00. The van der Waals surface area contributed by atoms with Gasteiger partial charge >= 0.3 is 0 Å². The molecule has 0 aromatic heterocycles. The van der Waals surface area contributed by atoms with E-state index in [2.05, 4.69) is 0 Å². The Kier molecular flexibility index (Phi) is 4.91. The van der Waals surface area contributed by atoms with Crippen molar-refractivity contribution in [1.82, 2.24) is 0 Å². The van der Waals surface area contributed by atoms with Gasteiger partial charge in [-0.05, 0) is 54.1 Å². The summed E-state index contributed by atoms with van der Waals surface area (Å²) in [5.41, 5.74) is 1.34. The molecule has 3 aromatic carbocycles. The van der Waals surface area contributed by atoms with Crippen LogP contribution in [0.1, 0.15) is 17.2 Å². The number of Topliss-reactive ketones (excluding diaryl/α,β-unsaturated/α-hetero) is 1. The Morgan fingerprint density at radius 1 is 0.897 bits per heavy atom. The van der Waals surface area contributed by atoms with Crippen LogP contribution in [0, 0.1) is 5.82 Å². The van der Waals surface area contributed by atoms with Crippen LogP contribution >= 0.6 is 11.6 Å². The highest BCUT2D eigenvalue weighted by Gasteiger charge is 2.46. The first-order valence-electron chi connectivity index (χ1n) is 8.85. The van der Waals surface area contributed by atoms with Crippen LogP contribution in [0.5, 0.6) is 0 Å². The van der Waals surface area contributed by atoms with Gasteiger partial charge in [0, 0.05) is 16.3 Å². The van der Waals surface area contributed by atoms with Crippen LogP contribution in [0.3, 0.4) is 0 Å². The molecule has 4 nitrogen and oxygen atoms in total. The fourth-order valence-electron chi connectivity index (χ4n) is 3.41. The Morgan fingerprint density at radius 3 is 2.14 bits per heavy atom. The summed E-state index contributed by atoms with van der Waals surface area (Å²) in [6, 6.07) is 19.7. The molecule has 1 atom stereocenters. The summed E-state index contributed by atoms with van der Waals surface area (Å²) in [5, 5.41) is 11.4. The van der Waals surface area contributed by atoms with Gasteiger partial charge in [0.05, 0.1) is 11.6 Å². The highest BCUT2D eigenvalue weighted by molar-refractivity contribution is 6.51. The summed E-state index contributed by atoms with van der Waals surface area (Å²) in [7, 11) is 0. The van der Waals surface area contributed by atoms with Crippen molar-refractivity contribution in [3.63, 3.8) is 0 Å². The lowest BCUT2D eigenvalue weighted by atomic mass is 9.95. The SMILES string of the molecule is O=C1C(=O)N(c2ccc(F)cc2)[C@@H](c2ccccc2)C1=C(O)c1ccc(Cl)cc1. The number of ketones is 1. The van der Waals surface area contributed by atoms with Crippen molar-refractivity contribution in [1.29, 1.82) is 0 Å². The van der Waals surface area contributed by atoms with Gasteiger partial charge in [-0.3, -0.25) is 14.5 Å². The normalized spacial score (nSPS) is 18.3. The van der Waals surface area contributed by atoms with E-state index in [-0.39, 0.29) is 11.3 Å². The van der Waals surface area contributed by atoms with Crippen molar-refractivity contribution in [3.05, 3.63) is 106 Å². The van der Waals surface area contributed by atoms with Crippen LogP contribution in [0.4, 0.5) is 10.1 Å². The molecule has 1 amide bonds. The Hall–Kier alpha value is -3.44. The Morgan fingerprint density at radius 2 is 1.52 bits per heavy atom. The fraction of sp³-hybridized carbons (Fsp3) is 0.0435. The first-order valence-corrected chi connectivity index (χ1v) is 9.22. The van der Waals surface area contributed by atoms with Crippen LogP contribution in [0.15, 0.2) is 84.4 Å². The zero-order chi connectivity index (χ0) is 20.5. The first-order chi connectivity index (χ1) is 14.0. The van der Waals surface area contributed by atoms with E-state index in [1.807, 2.05) is 6.07 Å². The molecular weight excluding hydrogens is 393 g/mol. The van der Waals surface area contributed by atoms with E-state index >= 15 is 0 Å². The molecule has 0 unspecified atom stereocenters. The minimum absolute atomic E-state index is 0.0344. The average molecular weight is 408 g/mol. The molecule has 1 aliphatic heterocycles. The molecule has 1 saturated heterocycles. The van der Waals surface area contributed by atoms with Crippen LogP contribution in [0.25, 0.3) is 5.76 Å². The maximum absolute atomic E-state index is 13.4. The van der Waals surface area contributed by atoms with Gasteiger partial charge in [-0.25, -0.2) is 4.39 Å². The number of hydrogen-bond donors (Lipinski definition) is 1. The molecule has 144 valence electrons. The second-order valence-corrected chi connectivity index (χ2v) is 7.00. The number of rotatable bonds is 3. The standard InChI is InChI=1S/C23H15ClFNO3/c24-16-8-6-15(7-9-16)21(27)19-20(14-4-2-1-3-5-14)26(23(29)22(19)28)18-12-10-17(25)11-13-18/h1-13,20,27H/t20-/m0/s1. The zero-order valence-electron chi connectivity index (χ0n) is 15.0. The summed E-state index contributed by atoms with van der Waals surface area (Å²) < 4.78 is 13.4. The van der Waals surface area contributed by atoms with Crippen LogP contribution in [-0.2, 0) is 9.59 Å². The number of amides is 1. The number of benzene rings is 3. The molecule has 3 aromatic rings. The lowest BCUT2D eigenvalue weighted by Gasteiger charge is -2.25. The topological polar surface area (TPSA) is 57.6 Å². The number of hydrogen-bond acceptors (Lipinski definition) is 3. The second kappa shape index (κ2) is 7.53. The molecule has 0 saturated carbocycles. The zero-order valence-corrected chi connectivity index (χ0v) is 15.8. The molecule has 6 heteroatoms. The van der Waals surface area contributed by atoms with E-state index in [9.17, 15) is 19.1 Å². The summed E-state index contributed by atoms with van der Waals surface area (Å²) in [6.45, 7) is 0. The Balaban J connectivity index is 1.93. The molecule has 1 aliphatic rings. The fourth-order valence-corrected chi connectivity index (χ4v) is 3.54. The van der Waals surface area contributed by atoms with E-state index < -0.39 is 23.5 Å². The third kappa shape index (κ3) is 3.41. The molecule has 0 radical (unpaired) electrons. The largest absolute Gasteiger partial charge is 0.507 e. The summed E-state index contributed by atoms with van der Waals surface area (Å²) >= 11 is 5.91. The maximum atomic E-state index is 13.4. The molecule has 0 spiro atoms. The number of aliphatic hydroxyl groups excluding tert-OH is 1. The predicted octanol–water partition coefficient (Wildman–Crippen LogP) is 5.11. The summed E-state index contributed by atoms with van der Waals surface area (Å²) in [4.78, 5) is 27.1. The van der Waals surface area contributed by atoms with Crippen molar-refractivity contribution in [2.24, 2.45) is 0 Å². The summed E-state index contributed by atoms with van der Waals surface area (Å²) in [6.07, 6.45) is 0. The van der Waals surface area contributed by atoms with Gasteiger partial charge in [0.1, 0.15) is 11.6 Å². The van der Waals surface area contributed by atoms with Crippen molar-refractivity contribution in [2.45, 2.75) is 6.04 Å². The van der Waals surface area contributed by atoms with Gasteiger partial charge in [0.15, 0.2) is 0 Å². The van der Waals surface area contributed by atoms with E-state index in [4.69, 9.17) is 11.6 Å². The molecule has 4 rings (SSSR count). The smallest absolute Gasteiger partial charge is 0.300 e. The van der Waals surface area contributed by atoms with E-state index in [1.165, 1.54) is 29.2 Å². The third-order valence-corrected chi connectivity index (χ3v) is 5.03. The van der Waals surface area contributed by atoms with Crippen molar-refractivity contribution in [2.75, 3.05) is 4.90 Å². The van der Waals surface area contributed by atoms with E-state index in [1.54, 1.807) is 48.5 Å². The van der Waals surface area contributed by atoms with Crippen molar-refractivity contribution < 1.29 is 19.1 Å². The monoisotopic (exact) mass is 407 g/mol. The van der Waals surface area contributed by atoms with Gasteiger partial charge in [-0.15, -0.1) is 0 Å².